The van der Waals surface area contributed by atoms with Gasteiger partial charge in [-0.2, -0.15) is 0 Å². The fourth-order valence-corrected chi connectivity index (χ4v) is 1.01. The molecule has 0 spiro atoms. The van der Waals surface area contributed by atoms with E-state index in [2.05, 4.69) is 0 Å². The van der Waals surface area contributed by atoms with E-state index in [-0.39, 0.29) is 0 Å². The zero-order valence-corrected chi connectivity index (χ0v) is 6.72. The van der Waals surface area contributed by atoms with Crippen LogP contribution in [0.5, 0.6) is 0 Å². The Balaban J connectivity index is 4.39. The van der Waals surface area contributed by atoms with E-state index in [0.717, 1.165) is 13.8 Å². The first-order chi connectivity index (χ1) is 4.46. The van der Waals surface area contributed by atoms with Gasteiger partial charge in [0.1, 0.15) is 5.45 Å². The van der Waals surface area contributed by atoms with Crippen LogP contribution in [0.25, 0.3) is 0 Å². The third-order valence-corrected chi connectivity index (χ3v) is 2.34. The summed E-state index contributed by atoms with van der Waals surface area (Å²) in [5, 5.41) is 6.84. The van der Waals surface area contributed by atoms with Gasteiger partial charge in [0.05, 0.1) is 0 Å². The van der Waals surface area contributed by atoms with Gasteiger partial charge in [-0.3, -0.25) is 15.0 Å². The maximum Gasteiger partial charge on any atom is 0.191 e. The minimum Gasteiger partial charge on any atom is -0.312 e. The van der Waals surface area contributed by atoms with E-state index >= 15 is 0 Å². The molecule has 1 atom stereocenters. The number of hydrogen-bond acceptors (Lipinski definition) is 4. The number of Topliss-reactive ketones (excluding diaryl/α,β-unsaturated/α-hetero) is 1. The summed E-state index contributed by atoms with van der Waals surface area (Å²) in [5.41, 5.74) is -1.15. The van der Waals surface area contributed by atoms with Crippen molar-refractivity contribution < 1.29 is 14.2 Å². The molecule has 0 aromatic heterocycles. The Hall–Kier alpha value is -0.760. The first-order valence-electron chi connectivity index (χ1n) is 2.61. The van der Waals surface area contributed by atoms with Gasteiger partial charge in [-0.25, -0.2) is 0 Å². The van der Waals surface area contributed by atoms with Crippen molar-refractivity contribution in [3.05, 3.63) is 0 Å². The quantitative estimate of drug-likeness (QED) is 0.488. The highest BCUT2D eigenvalue weighted by Gasteiger charge is 2.15. The van der Waals surface area contributed by atoms with Gasteiger partial charge in [-0.1, -0.05) is 0 Å². The van der Waals surface area contributed by atoms with Crippen molar-refractivity contribution in [2.24, 2.45) is 0 Å². The van der Waals surface area contributed by atoms with Crippen molar-refractivity contribution in [3.63, 3.8) is 0 Å². The van der Waals surface area contributed by atoms with Crippen molar-refractivity contribution in [2.45, 2.75) is 13.8 Å². The van der Waals surface area contributed by atoms with Gasteiger partial charge in [0.2, 0.25) is 0 Å². The van der Waals surface area contributed by atoms with E-state index in [1.807, 2.05) is 0 Å². The van der Waals surface area contributed by atoms with E-state index < -0.39 is 24.6 Å². The number of nitrogens with one attached hydrogen (secondary N) is 1. The van der Waals surface area contributed by atoms with Gasteiger partial charge in [-0.05, 0) is 0 Å². The van der Waals surface area contributed by atoms with Crippen LogP contribution in [0.15, 0.2) is 0 Å². The summed E-state index contributed by atoms with van der Waals surface area (Å²) in [5.74, 6) is -0.598. The predicted octanol–water partition coefficient (Wildman–Crippen LogP) is 0.659. The summed E-state index contributed by atoms with van der Waals surface area (Å²) < 4.78 is 10.7. The lowest BCUT2D eigenvalue weighted by molar-refractivity contribution is -0.112. The van der Waals surface area contributed by atoms with Gasteiger partial charge < -0.3 is 4.57 Å². The monoisotopic (exact) mass is 161 g/mol. The summed E-state index contributed by atoms with van der Waals surface area (Å²) in [6, 6.07) is 0. The average molecular weight is 161 g/mol. The molecule has 1 unspecified atom stereocenters. The van der Waals surface area contributed by atoms with Gasteiger partial charge >= 0.3 is 0 Å². The third kappa shape index (κ3) is 2.23. The van der Waals surface area contributed by atoms with Crippen LogP contribution < -0.4 is 0 Å². The molecule has 0 aromatic rings. The molecule has 0 amide bonds. The second-order valence-corrected chi connectivity index (χ2v) is 3.68. The topological polar surface area (TPSA) is 75.1 Å². The number of carbonyl (C=O) groups excluding carboxylic acids is 2. The van der Waals surface area contributed by atoms with Gasteiger partial charge in [0, 0.05) is 13.8 Å². The normalized spacial score (nSPS) is 12.2. The summed E-state index contributed by atoms with van der Waals surface area (Å²) in [6.45, 7) is 2.23. The summed E-state index contributed by atoms with van der Waals surface area (Å²) in [7, 11) is -2.74. The molecular formula is C5H8NO3P. The highest BCUT2D eigenvalue weighted by molar-refractivity contribution is 7.81. The second-order valence-electron chi connectivity index (χ2n) is 1.82. The second kappa shape index (κ2) is 3.42. The number of rotatable bonds is 3. The van der Waals surface area contributed by atoms with Crippen molar-refractivity contribution in [2.75, 3.05) is 0 Å². The third-order valence-electron chi connectivity index (χ3n) is 0.899. The van der Waals surface area contributed by atoms with Crippen LogP contribution in [-0.2, 0) is 14.2 Å². The predicted molar refractivity (Wildman–Crippen MR) is 38.1 cm³/mol. The highest BCUT2D eigenvalue weighted by atomic mass is 31.1. The molecule has 4 nitrogen and oxygen atoms in total. The van der Waals surface area contributed by atoms with Crippen molar-refractivity contribution >= 4 is 24.6 Å². The molecule has 5 heteroatoms. The number of carbonyl (C=O) groups is 2. The Morgan fingerprint density at radius 3 is 1.80 bits per heavy atom. The maximum atomic E-state index is 10.7. The van der Waals surface area contributed by atoms with Crippen LogP contribution in [0.3, 0.4) is 0 Å². The molecule has 0 radical (unpaired) electrons. The van der Waals surface area contributed by atoms with Crippen LogP contribution >= 0.6 is 7.80 Å². The van der Waals surface area contributed by atoms with Crippen LogP contribution in [0.4, 0.5) is 0 Å². The Kier molecular flexibility index (Phi) is 3.16. The fourth-order valence-electron chi connectivity index (χ4n) is 0.336. The summed E-state index contributed by atoms with van der Waals surface area (Å²) >= 11 is 0. The molecule has 0 bridgehead atoms. The zero-order chi connectivity index (χ0) is 8.31. The van der Waals surface area contributed by atoms with E-state index in [0.29, 0.717) is 0 Å². The lowest BCUT2D eigenvalue weighted by Crippen LogP contribution is -2.05. The number of hydrogen-bond donors (Lipinski definition) is 1. The molecule has 0 fully saturated rings. The minimum atomic E-state index is -2.74. The lowest BCUT2D eigenvalue weighted by Gasteiger charge is -1.92. The SMILES string of the molecule is CC(=O)C(=N)[PH](=O)C(C)=O. The Morgan fingerprint density at radius 2 is 1.70 bits per heavy atom. The lowest BCUT2D eigenvalue weighted by atomic mass is 10.5. The van der Waals surface area contributed by atoms with E-state index in [1.54, 1.807) is 0 Å². The molecule has 0 aliphatic carbocycles. The first kappa shape index (κ1) is 9.24. The van der Waals surface area contributed by atoms with Crippen LogP contribution in [0.2, 0.25) is 0 Å². The Bertz CT molecular complexity index is 197. The molecule has 0 aromatic carbocycles. The smallest absolute Gasteiger partial charge is 0.191 e. The summed E-state index contributed by atoms with van der Waals surface area (Å²) in [6.07, 6.45) is 0. The molecule has 56 valence electrons. The van der Waals surface area contributed by atoms with Crippen molar-refractivity contribution in [3.8, 4) is 0 Å². The molecule has 1 N–H and O–H groups in total. The van der Waals surface area contributed by atoms with Gasteiger partial charge in [0.25, 0.3) is 0 Å². The van der Waals surface area contributed by atoms with Crippen LogP contribution in [-0.4, -0.2) is 16.8 Å². The zero-order valence-electron chi connectivity index (χ0n) is 5.72. The maximum absolute atomic E-state index is 10.7. The molecule has 0 aliphatic heterocycles. The molecule has 0 heterocycles. The Labute approximate surface area is 58.9 Å². The molecule has 0 saturated heterocycles. The average Bonchev–Trinajstić information content (AvgIpc) is 1.84. The van der Waals surface area contributed by atoms with Gasteiger partial charge in [0.15, 0.2) is 19.1 Å². The van der Waals surface area contributed by atoms with E-state index in [4.69, 9.17) is 5.41 Å². The molecular weight excluding hydrogens is 153 g/mol. The molecule has 0 rings (SSSR count). The van der Waals surface area contributed by atoms with Crippen molar-refractivity contribution in [1.82, 2.24) is 0 Å². The minimum absolute atomic E-state index is 0.558. The fraction of sp³-hybridized carbons (Fsp3) is 0.400. The standard InChI is InChI=1S/C5H8NO3P/c1-3(7)5(6)10(9)4(2)8/h6,10H,1-2H3. The largest absolute Gasteiger partial charge is 0.312 e. The highest BCUT2D eigenvalue weighted by Crippen LogP contribution is 2.22. The number of ketones is 1. The van der Waals surface area contributed by atoms with E-state index in [9.17, 15) is 14.2 Å². The van der Waals surface area contributed by atoms with E-state index in [1.165, 1.54) is 0 Å². The van der Waals surface area contributed by atoms with Crippen LogP contribution in [0.1, 0.15) is 13.8 Å². The van der Waals surface area contributed by atoms with Gasteiger partial charge in [-0.15, -0.1) is 0 Å². The van der Waals surface area contributed by atoms with Crippen molar-refractivity contribution in [1.29, 1.82) is 5.41 Å². The first-order valence-corrected chi connectivity index (χ1v) is 4.02. The molecule has 10 heavy (non-hydrogen) atoms. The summed E-state index contributed by atoms with van der Waals surface area (Å²) in [4.78, 5) is 20.7. The Morgan fingerprint density at radius 1 is 1.30 bits per heavy atom. The van der Waals surface area contributed by atoms with Crippen LogP contribution in [0, 0.1) is 5.41 Å². The molecule has 0 saturated carbocycles. The molecule has 0 aliphatic rings.